The van der Waals surface area contributed by atoms with Gasteiger partial charge in [-0.1, -0.05) is 13.8 Å². The van der Waals surface area contributed by atoms with Gasteiger partial charge in [-0.3, -0.25) is 0 Å². The van der Waals surface area contributed by atoms with Crippen molar-refractivity contribution in [1.82, 2.24) is 0 Å². The van der Waals surface area contributed by atoms with E-state index in [0.29, 0.717) is 6.92 Å². The summed E-state index contributed by atoms with van der Waals surface area (Å²) in [6, 6.07) is 0. The van der Waals surface area contributed by atoms with Crippen LogP contribution in [-0.2, 0) is 14.2 Å². The lowest BCUT2D eigenvalue weighted by molar-refractivity contribution is -0.316. The second kappa shape index (κ2) is 7.13. The largest absolute Gasteiger partial charge is 0.417 e. The van der Waals surface area contributed by atoms with Gasteiger partial charge in [0.05, 0.1) is 13.2 Å². The predicted molar refractivity (Wildman–Crippen MR) is 81.6 cm³/mol. The van der Waals surface area contributed by atoms with Gasteiger partial charge in [-0.15, -0.1) is 0 Å². The number of hydrogen-bond donors (Lipinski definition) is 0. The van der Waals surface area contributed by atoms with Crippen molar-refractivity contribution in [2.45, 2.75) is 57.0 Å². The Morgan fingerprint density at radius 1 is 1.00 bits per heavy atom. The van der Waals surface area contributed by atoms with Crippen LogP contribution in [0.4, 0.5) is 26.3 Å². The molecule has 6 unspecified atom stereocenters. The van der Waals surface area contributed by atoms with E-state index in [1.165, 1.54) is 7.11 Å². The maximum Gasteiger partial charge on any atom is 0.417 e. The van der Waals surface area contributed by atoms with Crippen LogP contribution < -0.4 is 0 Å². The molecule has 9 heteroatoms. The van der Waals surface area contributed by atoms with E-state index in [4.69, 9.17) is 9.47 Å². The SMILES string of the molecule is COCCOCOC(C)(CC1(F)C2CC(C(C)C2C)C1(F)F)C(F)(F)F. The Balaban J connectivity index is 2.20. The van der Waals surface area contributed by atoms with Gasteiger partial charge in [0.15, 0.2) is 11.3 Å². The zero-order valence-corrected chi connectivity index (χ0v) is 15.3. The molecule has 26 heavy (non-hydrogen) atoms. The van der Waals surface area contributed by atoms with Crippen molar-refractivity contribution in [3.63, 3.8) is 0 Å². The highest BCUT2D eigenvalue weighted by Gasteiger charge is 2.77. The summed E-state index contributed by atoms with van der Waals surface area (Å²) in [5.41, 5.74) is -6.34. The Morgan fingerprint density at radius 2 is 1.58 bits per heavy atom. The van der Waals surface area contributed by atoms with E-state index in [-0.39, 0.29) is 19.6 Å². The molecule has 2 fully saturated rings. The third kappa shape index (κ3) is 3.35. The van der Waals surface area contributed by atoms with Crippen molar-refractivity contribution in [3.8, 4) is 0 Å². The summed E-state index contributed by atoms with van der Waals surface area (Å²) < 4.78 is 99.8. The van der Waals surface area contributed by atoms with Crippen molar-refractivity contribution in [2.24, 2.45) is 23.7 Å². The summed E-state index contributed by atoms with van der Waals surface area (Å²) in [4.78, 5) is 0. The number of hydrogen-bond acceptors (Lipinski definition) is 3. The molecular weight excluding hydrogens is 366 g/mol. The second-order valence-electron chi connectivity index (χ2n) is 7.72. The van der Waals surface area contributed by atoms with Gasteiger partial charge in [-0.05, 0) is 25.2 Å². The number of rotatable bonds is 8. The van der Waals surface area contributed by atoms with Crippen LogP contribution in [0.25, 0.3) is 0 Å². The first kappa shape index (κ1) is 21.8. The van der Waals surface area contributed by atoms with Gasteiger partial charge >= 0.3 is 6.18 Å². The molecule has 2 aliphatic carbocycles. The number of methoxy groups -OCH3 is 1. The molecule has 2 aliphatic rings. The smallest absolute Gasteiger partial charge is 0.382 e. The average molecular weight is 392 g/mol. The van der Waals surface area contributed by atoms with Crippen LogP contribution in [0.1, 0.15) is 33.6 Å². The topological polar surface area (TPSA) is 27.7 Å². The van der Waals surface area contributed by atoms with E-state index in [1.807, 2.05) is 0 Å². The molecule has 2 saturated carbocycles. The normalized spacial score (nSPS) is 38.5. The number of fused-ring (bicyclic) bond motifs is 2. The summed E-state index contributed by atoms with van der Waals surface area (Å²) in [5.74, 6) is -7.05. The molecule has 0 N–H and O–H groups in total. The summed E-state index contributed by atoms with van der Waals surface area (Å²) in [5, 5.41) is 0. The van der Waals surface area contributed by atoms with Crippen LogP contribution in [0.2, 0.25) is 0 Å². The minimum absolute atomic E-state index is 0.0272. The third-order valence-electron chi connectivity index (χ3n) is 6.30. The van der Waals surface area contributed by atoms with E-state index in [1.54, 1.807) is 13.8 Å². The zero-order chi connectivity index (χ0) is 20.0. The van der Waals surface area contributed by atoms with Crippen LogP contribution in [0.5, 0.6) is 0 Å². The van der Waals surface area contributed by atoms with Gasteiger partial charge in [-0.25, -0.2) is 13.2 Å². The van der Waals surface area contributed by atoms with Crippen molar-refractivity contribution in [1.29, 1.82) is 0 Å². The minimum Gasteiger partial charge on any atom is -0.382 e. The number of ether oxygens (including phenoxy) is 3. The first-order valence-electron chi connectivity index (χ1n) is 8.66. The quantitative estimate of drug-likeness (QED) is 0.343. The molecule has 0 aromatic carbocycles. The summed E-state index contributed by atoms with van der Waals surface area (Å²) >= 11 is 0. The Kier molecular flexibility index (Phi) is 5.96. The van der Waals surface area contributed by atoms with Crippen LogP contribution >= 0.6 is 0 Å². The lowest BCUT2D eigenvalue weighted by Gasteiger charge is -2.46. The van der Waals surface area contributed by atoms with E-state index >= 15 is 4.39 Å². The molecule has 0 heterocycles. The first-order valence-corrected chi connectivity index (χ1v) is 8.66. The van der Waals surface area contributed by atoms with Crippen LogP contribution in [0.15, 0.2) is 0 Å². The fourth-order valence-electron chi connectivity index (χ4n) is 4.42. The van der Waals surface area contributed by atoms with E-state index in [9.17, 15) is 22.0 Å². The van der Waals surface area contributed by atoms with Gasteiger partial charge in [0.2, 0.25) is 0 Å². The molecule has 154 valence electrons. The molecule has 0 spiro atoms. The fraction of sp³-hybridized carbons (Fsp3) is 1.00. The van der Waals surface area contributed by atoms with Crippen molar-refractivity contribution in [3.05, 3.63) is 0 Å². The van der Waals surface area contributed by atoms with Crippen molar-refractivity contribution >= 4 is 0 Å². The summed E-state index contributed by atoms with van der Waals surface area (Å²) in [7, 11) is 1.39. The fourth-order valence-corrected chi connectivity index (χ4v) is 4.42. The Labute approximate surface area is 149 Å². The van der Waals surface area contributed by atoms with Gasteiger partial charge in [0.25, 0.3) is 5.92 Å². The van der Waals surface area contributed by atoms with Gasteiger partial charge in [-0.2, -0.15) is 13.2 Å². The third-order valence-corrected chi connectivity index (χ3v) is 6.30. The average Bonchev–Trinajstić information content (AvgIpc) is 2.91. The van der Waals surface area contributed by atoms with Gasteiger partial charge in [0.1, 0.15) is 6.79 Å². The van der Waals surface area contributed by atoms with Crippen molar-refractivity contribution in [2.75, 3.05) is 27.1 Å². The lowest BCUT2D eigenvalue weighted by atomic mass is 9.68. The molecule has 0 aliphatic heterocycles. The minimum atomic E-state index is -5.02. The number of halogens is 6. The van der Waals surface area contributed by atoms with E-state index in [2.05, 4.69) is 4.74 Å². The van der Waals surface area contributed by atoms with Gasteiger partial charge < -0.3 is 14.2 Å². The molecule has 0 amide bonds. The molecule has 0 aromatic heterocycles. The van der Waals surface area contributed by atoms with Gasteiger partial charge in [0, 0.05) is 25.4 Å². The Hall–Kier alpha value is -0.540. The van der Waals surface area contributed by atoms with Crippen molar-refractivity contribution < 1.29 is 40.6 Å². The highest BCUT2D eigenvalue weighted by Crippen LogP contribution is 2.68. The first-order chi connectivity index (χ1) is 11.8. The standard InChI is InChI=1S/C17H26F6O3/c1-10-11(2)13-7-12(10)15(18,16(13,19)20)8-14(3,17(21,22)23)26-9-25-6-5-24-4/h10-13H,5-9H2,1-4H3. The van der Waals surface area contributed by atoms with Crippen LogP contribution in [0, 0.1) is 23.7 Å². The van der Waals surface area contributed by atoms with E-state index in [0.717, 1.165) is 0 Å². The Morgan fingerprint density at radius 3 is 2.08 bits per heavy atom. The highest BCUT2D eigenvalue weighted by atomic mass is 19.4. The lowest BCUT2D eigenvalue weighted by Crippen LogP contribution is -2.60. The Bertz CT molecular complexity index is 499. The second-order valence-corrected chi connectivity index (χ2v) is 7.72. The molecule has 2 rings (SSSR count). The van der Waals surface area contributed by atoms with E-state index < -0.39 is 60.3 Å². The maximum absolute atomic E-state index is 15.5. The summed E-state index contributed by atoms with van der Waals surface area (Å²) in [6.45, 7) is 3.15. The molecule has 3 nitrogen and oxygen atoms in total. The molecule has 6 atom stereocenters. The maximum atomic E-state index is 15.5. The number of alkyl halides is 6. The van der Waals surface area contributed by atoms with Crippen LogP contribution in [0.3, 0.4) is 0 Å². The molecule has 0 saturated heterocycles. The predicted octanol–water partition coefficient (Wildman–Crippen LogP) is 4.60. The van der Waals surface area contributed by atoms with Crippen LogP contribution in [-0.4, -0.2) is 50.5 Å². The molecule has 2 bridgehead atoms. The zero-order valence-electron chi connectivity index (χ0n) is 15.3. The monoisotopic (exact) mass is 392 g/mol. The molecule has 0 radical (unpaired) electrons. The summed E-state index contributed by atoms with van der Waals surface area (Å²) in [6.07, 6.45) is -6.59. The molecule has 0 aromatic rings. The molecular formula is C17H26F6O3. The highest BCUT2D eigenvalue weighted by molar-refractivity contribution is 5.18.